The summed E-state index contributed by atoms with van der Waals surface area (Å²) >= 11 is 0. The largest absolute Gasteiger partial charge is 0.573 e. The van der Waals surface area contributed by atoms with Crippen LogP contribution < -0.4 is 10.1 Å². The molecular weight excluding hydrogens is 297 g/mol. The number of halogens is 5. The van der Waals surface area contributed by atoms with Crippen molar-refractivity contribution in [3.63, 3.8) is 0 Å². The van der Waals surface area contributed by atoms with E-state index in [1.165, 1.54) is 18.2 Å². The van der Waals surface area contributed by atoms with Gasteiger partial charge < -0.3 is 14.8 Å². The van der Waals surface area contributed by atoms with Crippen LogP contribution >= 0.6 is 0 Å². The molecule has 0 bridgehead atoms. The highest BCUT2D eigenvalue weighted by molar-refractivity contribution is 5.36. The van der Waals surface area contributed by atoms with Crippen LogP contribution in [0.2, 0.25) is 0 Å². The molecule has 1 unspecified atom stereocenters. The second-order valence-corrected chi connectivity index (χ2v) is 4.18. The van der Waals surface area contributed by atoms with Gasteiger partial charge in [0.1, 0.15) is 12.4 Å². The number of nitrogens with one attached hydrogen (secondary N) is 1. The average molecular weight is 313 g/mol. The second-order valence-electron chi connectivity index (χ2n) is 4.18. The van der Waals surface area contributed by atoms with E-state index in [0.717, 1.165) is 0 Å². The van der Waals surface area contributed by atoms with Gasteiger partial charge in [-0.1, -0.05) is 18.2 Å². The summed E-state index contributed by atoms with van der Waals surface area (Å²) in [7, 11) is 1.56. The molecule has 0 aliphatic carbocycles. The molecule has 1 rings (SSSR count). The zero-order chi connectivity index (χ0) is 15.9. The van der Waals surface area contributed by atoms with E-state index in [1.807, 2.05) is 0 Å². The van der Waals surface area contributed by atoms with E-state index < -0.39 is 25.4 Å². The molecule has 0 saturated heterocycles. The van der Waals surface area contributed by atoms with Crippen LogP contribution in [0.4, 0.5) is 22.0 Å². The third-order valence-corrected chi connectivity index (χ3v) is 2.66. The van der Waals surface area contributed by atoms with Crippen molar-refractivity contribution in [1.29, 1.82) is 0 Å². The SMILES string of the molecule is CNC(CCOCC(F)F)c1ccccc1OC(F)(F)F. The molecule has 3 nitrogen and oxygen atoms in total. The third kappa shape index (κ3) is 6.72. The number of rotatable bonds is 8. The van der Waals surface area contributed by atoms with E-state index in [1.54, 1.807) is 13.1 Å². The van der Waals surface area contributed by atoms with Gasteiger partial charge in [-0.25, -0.2) is 8.78 Å². The van der Waals surface area contributed by atoms with E-state index in [2.05, 4.69) is 10.1 Å². The lowest BCUT2D eigenvalue weighted by Gasteiger charge is -2.20. The van der Waals surface area contributed by atoms with E-state index >= 15 is 0 Å². The minimum absolute atomic E-state index is 0.00377. The number of benzene rings is 1. The van der Waals surface area contributed by atoms with Crippen LogP contribution in [0.25, 0.3) is 0 Å². The van der Waals surface area contributed by atoms with Gasteiger partial charge in [0.05, 0.1) is 0 Å². The summed E-state index contributed by atoms with van der Waals surface area (Å²) in [4.78, 5) is 0. The summed E-state index contributed by atoms with van der Waals surface area (Å²) < 4.78 is 69.6. The van der Waals surface area contributed by atoms with Gasteiger partial charge in [0.25, 0.3) is 6.43 Å². The summed E-state index contributed by atoms with van der Waals surface area (Å²) in [5.41, 5.74) is 0.290. The highest BCUT2D eigenvalue weighted by Gasteiger charge is 2.32. The van der Waals surface area contributed by atoms with Gasteiger partial charge in [-0.05, 0) is 19.5 Å². The van der Waals surface area contributed by atoms with Gasteiger partial charge >= 0.3 is 6.36 Å². The van der Waals surface area contributed by atoms with Gasteiger partial charge in [-0.3, -0.25) is 0 Å². The molecule has 1 aromatic carbocycles. The summed E-state index contributed by atoms with van der Waals surface area (Å²) in [5.74, 6) is -0.321. The molecule has 0 spiro atoms. The van der Waals surface area contributed by atoms with Crippen molar-refractivity contribution in [1.82, 2.24) is 5.32 Å². The Morgan fingerprint density at radius 1 is 1.19 bits per heavy atom. The normalized spacial score (nSPS) is 13.5. The van der Waals surface area contributed by atoms with Crippen molar-refractivity contribution < 1.29 is 31.4 Å². The highest BCUT2D eigenvalue weighted by Crippen LogP contribution is 2.31. The Bertz CT molecular complexity index is 425. The average Bonchev–Trinajstić information content (AvgIpc) is 2.38. The molecule has 0 saturated carbocycles. The summed E-state index contributed by atoms with van der Waals surface area (Å²) in [6, 6.07) is 5.18. The lowest BCUT2D eigenvalue weighted by molar-refractivity contribution is -0.275. The Morgan fingerprint density at radius 2 is 1.86 bits per heavy atom. The van der Waals surface area contributed by atoms with E-state index in [4.69, 9.17) is 4.74 Å². The van der Waals surface area contributed by atoms with Gasteiger partial charge in [0, 0.05) is 18.2 Å². The maximum atomic E-state index is 12.3. The van der Waals surface area contributed by atoms with Gasteiger partial charge in [0.15, 0.2) is 0 Å². The molecular formula is C13H16F5NO2. The topological polar surface area (TPSA) is 30.5 Å². The quantitative estimate of drug-likeness (QED) is 0.588. The number of hydrogen-bond acceptors (Lipinski definition) is 3. The number of para-hydroxylation sites is 1. The number of ether oxygens (including phenoxy) is 2. The van der Waals surface area contributed by atoms with E-state index in [9.17, 15) is 22.0 Å². The predicted octanol–water partition coefficient (Wildman–Crippen LogP) is 3.52. The van der Waals surface area contributed by atoms with Crippen molar-refractivity contribution in [2.45, 2.75) is 25.3 Å². The first-order chi connectivity index (χ1) is 9.83. The molecule has 8 heteroatoms. The smallest absolute Gasteiger partial charge is 0.405 e. The molecule has 0 radical (unpaired) electrons. The van der Waals surface area contributed by atoms with Crippen LogP contribution in [0.3, 0.4) is 0 Å². The van der Waals surface area contributed by atoms with Crippen LogP contribution in [0.15, 0.2) is 24.3 Å². The highest BCUT2D eigenvalue weighted by atomic mass is 19.4. The van der Waals surface area contributed by atoms with Gasteiger partial charge in [0.2, 0.25) is 0 Å². The first kappa shape index (κ1) is 17.6. The zero-order valence-corrected chi connectivity index (χ0v) is 11.3. The first-order valence-corrected chi connectivity index (χ1v) is 6.21. The fraction of sp³-hybridized carbons (Fsp3) is 0.538. The Kier molecular flexibility index (Phi) is 6.83. The Labute approximate surface area is 119 Å². The fourth-order valence-corrected chi connectivity index (χ4v) is 1.81. The van der Waals surface area contributed by atoms with Crippen molar-refractivity contribution >= 4 is 0 Å². The van der Waals surface area contributed by atoms with Crippen molar-refractivity contribution in [3.05, 3.63) is 29.8 Å². The molecule has 0 amide bonds. The molecule has 0 fully saturated rings. The Hall–Kier alpha value is -1.41. The first-order valence-electron chi connectivity index (χ1n) is 6.21. The number of alkyl halides is 5. The summed E-state index contributed by atoms with van der Waals surface area (Å²) in [6.45, 7) is -0.701. The van der Waals surface area contributed by atoms with Crippen LogP contribution in [0.5, 0.6) is 5.75 Å². The predicted molar refractivity (Wildman–Crippen MR) is 66.4 cm³/mol. The second kappa shape index (κ2) is 8.14. The van der Waals surface area contributed by atoms with Crippen LogP contribution in [-0.2, 0) is 4.74 Å². The monoisotopic (exact) mass is 313 g/mol. The maximum Gasteiger partial charge on any atom is 0.573 e. The Morgan fingerprint density at radius 3 is 2.43 bits per heavy atom. The molecule has 0 aliphatic rings. The fourth-order valence-electron chi connectivity index (χ4n) is 1.81. The standard InChI is InChI=1S/C13H16F5NO2/c1-19-10(6-7-20-8-12(14)15)9-4-2-3-5-11(9)21-13(16,17)18/h2-5,10,12,19H,6-8H2,1H3. The Balaban J connectivity index is 2.71. The van der Waals surface area contributed by atoms with E-state index in [-0.39, 0.29) is 24.3 Å². The van der Waals surface area contributed by atoms with Crippen molar-refractivity contribution in [3.8, 4) is 5.75 Å². The summed E-state index contributed by atoms with van der Waals surface area (Å²) in [6.07, 6.45) is -7.12. The minimum Gasteiger partial charge on any atom is -0.405 e. The van der Waals surface area contributed by atoms with Gasteiger partial charge in [-0.15, -0.1) is 13.2 Å². The third-order valence-electron chi connectivity index (χ3n) is 2.66. The molecule has 0 aromatic heterocycles. The van der Waals surface area contributed by atoms with Crippen LogP contribution in [0, 0.1) is 0 Å². The molecule has 120 valence electrons. The van der Waals surface area contributed by atoms with Crippen molar-refractivity contribution in [2.75, 3.05) is 20.3 Å². The molecule has 21 heavy (non-hydrogen) atoms. The summed E-state index contributed by atoms with van der Waals surface area (Å²) in [5, 5.41) is 2.82. The van der Waals surface area contributed by atoms with Gasteiger partial charge in [-0.2, -0.15) is 0 Å². The molecule has 1 aromatic rings. The van der Waals surface area contributed by atoms with Crippen LogP contribution in [-0.4, -0.2) is 33.0 Å². The maximum absolute atomic E-state index is 12.3. The zero-order valence-electron chi connectivity index (χ0n) is 11.3. The van der Waals surface area contributed by atoms with E-state index in [0.29, 0.717) is 0 Å². The van der Waals surface area contributed by atoms with Crippen LogP contribution in [0.1, 0.15) is 18.0 Å². The molecule has 0 aliphatic heterocycles. The molecule has 1 atom stereocenters. The van der Waals surface area contributed by atoms with Crippen molar-refractivity contribution in [2.24, 2.45) is 0 Å². The number of hydrogen-bond donors (Lipinski definition) is 1. The lowest BCUT2D eigenvalue weighted by Crippen LogP contribution is -2.23. The minimum atomic E-state index is -4.79. The molecule has 0 heterocycles. The molecule has 1 N–H and O–H groups in total. The lowest BCUT2D eigenvalue weighted by atomic mass is 10.0.